The number of alkyl carbamates (subject to hydrolysis) is 1. The topological polar surface area (TPSA) is 212 Å². The Hall–Kier alpha value is -5.39. The number of carbonyl (C=O) groups excluding carboxylic acids is 5. The first-order valence-electron chi connectivity index (χ1n) is 23.0. The third-order valence-electron chi connectivity index (χ3n) is 14.2. The molecule has 17 nitrogen and oxygen atoms in total. The molecular weight excluding hydrogens is 845 g/mol. The standard InChI is InChI=1S/C46H58N6O11S/c1-2-30-26-46(30,43(55)50-64(58,59)32-19-20-32)49-40(53)36-25-31-27-52(36)42(54)38(29-12-6-7-13-29)48-44(56)63-37-18-10-14-28(37)11-4-3-5-16-34-39(60-23-21-51-22-24-61-45(51)57)33-15-8-9-17-35(33)47-41(34)62-31/h2-3,5,8-9,15,17,28-32,36-38H,1,4,6-7,10-14,16,18-27H2,(H,48,56)(H,49,53)(H,50,55)/b5-3-/t28-,30-,31-,36+,37-,38+,46-/m1/s1. The zero-order valence-corrected chi connectivity index (χ0v) is 36.9. The van der Waals surface area contributed by atoms with Crippen LogP contribution in [0.5, 0.6) is 11.6 Å². The number of allylic oxidation sites excluding steroid dienone is 2. The number of benzene rings is 1. The van der Waals surface area contributed by atoms with E-state index in [1.807, 2.05) is 30.3 Å². The highest BCUT2D eigenvalue weighted by Crippen LogP contribution is 2.46. The molecule has 2 aromatic rings. The van der Waals surface area contributed by atoms with E-state index in [0.717, 1.165) is 50.3 Å². The van der Waals surface area contributed by atoms with Crippen molar-refractivity contribution in [1.82, 2.24) is 30.1 Å². The third-order valence-corrected chi connectivity index (χ3v) is 16.0. The van der Waals surface area contributed by atoms with Crippen LogP contribution in [0.15, 0.2) is 49.1 Å². The van der Waals surface area contributed by atoms with Crippen molar-refractivity contribution in [3.63, 3.8) is 0 Å². The van der Waals surface area contributed by atoms with Crippen LogP contribution in [0.4, 0.5) is 9.59 Å². The molecule has 5 amide bonds. The molecule has 4 heterocycles. The normalized spacial score (nSPS) is 30.5. The van der Waals surface area contributed by atoms with E-state index < -0.39 is 74.8 Å². The maximum Gasteiger partial charge on any atom is 0.410 e. The molecule has 64 heavy (non-hydrogen) atoms. The maximum absolute atomic E-state index is 15.1. The molecule has 0 spiro atoms. The van der Waals surface area contributed by atoms with Crippen LogP contribution in [0.1, 0.15) is 89.0 Å². The molecule has 6 fully saturated rings. The van der Waals surface area contributed by atoms with Gasteiger partial charge in [-0.1, -0.05) is 43.2 Å². The van der Waals surface area contributed by atoms with Gasteiger partial charge in [0.25, 0.3) is 5.91 Å². The van der Waals surface area contributed by atoms with E-state index in [1.165, 1.54) is 11.0 Å². The van der Waals surface area contributed by atoms with Crippen molar-refractivity contribution in [2.24, 2.45) is 17.8 Å². The number of hydrogen-bond acceptors (Lipinski definition) is 12. The van der Waals surface area contributed by atoms with Crippen molar-refractivity contribution >= 4 is 50.8 Å². The predicted octanol–water partition coefficient (Wildman–Crippen LogP) is 4.43. The van der Waals surface area contributed by atoms with Gasteiger partial charge in [-0.05, 0) is 94.6 Å². The summed E-state index contributed by atoms with van der Waals surface area (Å²) in [7, 11) is -3.93. The minimum absolute atomic E-state index is 0.00294. The van der Waals surface area contributed by atoms with Crippen molar-refractivity contribution in [2.75, 3.05) is 32.8 Å². The van der Waals surface area contributed by atoms with Crippen LogP contribution in [0, 0.1) is 17.8 Å². The summed E-state index contributed by atoms with van der Waals surface area (Å²) in [6.07, 6.45) is 12.2. The van der Waals surface area contributed by atoms with Gasteiger partial charge in [-0.25, -0.2) is 23.0 Å². The maximum atomic E-state index is 15.1. The first kappa shape index (κ1) is 43.8. The van der Waals surface area contributed by atoms with Gasteiger partial charge in [-0.2, -0.15) is 0 Å². The third kappa shape index (κ3) is 9.11. The summed E-state index contributed by atoms with van der Waals surface area (Å²) in [5, 5.41) is 5.90. The molecular formula is C46H58N6O11S. The number of fused-ring (bicyclic) bond motifs is 5. The Morgan fingerprint density at radius 2 is 1.80 bits per heavy atom. The number of sulfonamides is 1. The van der Waals surface area contributed by atoms with E-state index in [4.69, 9.17) is 23.9 Å². The van der Waals surface area contributed by atoms with E-state index in [0.29, 0.717) is 68.6 Å². The number of para-hydroxylation sites is 1. The number of amides is 5. The number of nitrogens with zero attached hydrogens (tertiary/aromatic N) is 3. The quantitative estimate of drug-likeness (QED) is 0.268. The highest BCUT2D eigenvalue weighted by Gasteiger charge is 2.62. The van der Waals surface area contributed by atoms with E-state index in [2.05, 4.69) is 28.0 Å². The smallest absolute Gasteiger partial charge is 0.410 e. The molecule has 3 N–H and O–H groups in total. The molecule has 7 aliphatic rings. The van der Waals surface area contributed by atoms with E-state index in [1.54, 1.807) is 4.90 Å². The molecule has 1 aromatic carbocycles. The molecule has 1 aromatic heterocycles. The molecule has 2 saturated heterocycles. The Morgan fingerprint density at radius 3 is 2.55 bits per heavy atom. The van der Waals surface area contributed by atoms with Crippen LogP contribution >= 0.6 is 0 Å². The van der Waals surface area contributed by atoms with Gasteiger partial charge >= 0.3 is 12.2 Å². The minimum atomic E-state index is -3.93. The monoisotopic (exact) mass is 902 g/mol. The minimum Gasteiger partial charge on any atom is -0.491 e. The summed E-state index contributed by atoms with van der Waals surface area (Å²) in [6, 6.07) is 5.36. The lowest BCUT2D eigenvalue weighted by atomic mass is 9.96. The lowest BCUT2D eigenvalue weighted by Gasteiger charge is -2.32. The summed E-state index contributed by atoms with van der Waals surface area (Å²) >= 11 is 0. The van der Waals surface area contributed by atoms with Gasteiger partial charge in [-0.3, -0.25) is 19.1 Å². The van der Waals surface area contributed by atoms with E-state index in [-0.39, 0.29) is 49.8 Å². The van der Waals surface area contributed by atoms with Crippen LogP contribution in [-0.4, -0.2) is 121 Å². The second kappa shape index (κ2) is 18.2. The van der Waals surface area contributed by atoms with Crippen LogP contribution in [0.3, 0.4) is 0 Å². The van der Waals surface area contributed by atoms with Crippen LogP contribution in [0.25, 0.3) is 10.9 Å². The van der Waals surface area contributed by atoms with Gasteiger partial charge in [-0.15, -0.1) is 6.58 Å². The Labute approximate surface area is 373 Å². The highest BCUT2D eigenvalue weighted by atomic mass is 32.2. The van der Waals surface area contributed by atoms with Gasteiger partial charge in [0, 0.05) is 17.7 Å². The summed E-state index contributed by atoms with van der Waals surface area (Å²) in [4.78, 5) is 77.5. The summed E-state index contributed by atoms with van der Waals surface area (Å²) in [5.41, 5.74) is -0.329. The lowest BCUT2D eigenvalue weighted by molar-refractivity contribution is -0.142. The fourth-order valence-corrected chi connectivity index (χ4v) is 11.7. The highest BCUT2D eigenvalue weighted by molar-refractivity contribution is 7.91. The van der Waals surface area contributed by atoms with E-state index in [9.17, 15) is 27.6 Å². The van der Waals surface area contributed by atoms with E-state index >= 15 is 4.79 Å². The molecule has 4 aliphatic carbocycles. The number of hydrogen-bond donors (Lipinski definition) is 3. The number of aromatic nitrogens is 1. The zero-order chi connectivity index (χ0) is 44.6. The molecule has 344 valence electrons. The molecule has 0 radical (unpaired) electrons. The van der Waals surface area contributed by atoms with Gasteiger partial charge in [0.15, 0.2) is 0 Å². The molecule has 3 aliphatic heterocycles. The Morgan fingerprint density at radius 1 is 1.00 bits per heavy atom. The Kier molecular flexibility index (Phi) is 12.5. The lowest BCUT2D eigenvalue weighted by Crippen LogP contribution is -2.59. The fraction of sp³-hybridized carbons (Fsp3) is 0.609. The van der Waals surface area contributed by atoms with Gasteiger partial charge in [0.2, 0.25) is 27.7 Å². The van der Waals surface area contributed by atoms with Gasteiger partial charge in [0.1, 0.15) is 48.8 Å². The van der Waals surface area contributed by atoms with Gasteiger partial charge < -0.3 is 39.4 Å². The Bertz CT molecular complexity index is 2310. The van der Waals surface area contributed by atoms with Crippen molar-refractivity contribution in [2.45, 2.75) is 125 Å². The largest absolute Gasteiger partial charge is 0.491 e. The SMILES string of the molecule is C=C[C@@H]1C[C@]1(NC(=O)[C@@H]1C[C@@H]2CN1C(=O)[C@H](C1CCCC1)NC(=O)O[C@@H]1CCC[C@H]1CC/C=C\Cc1c(nc3ccccc3c1OCCN1CCOC1=O)O2)C(=O)NS(=O)(=O)C1CC1. The van der Waals surface area contributed by atoms with Crippen molar-refractivity contribution in [1.29, 1.82) is 0 Å². The van der Waals surface area contributed by atoms with Crippen LogP contribution in [0.2, 0.25) is 0 Å². The number of nitrogens with one attached hydrogen (secondary N) is 3. The fourth-order valence-electron chi connectivity index (χ4n) is 10.3. The van der Waals surface area contributed by atoms with Gasteiger partial charge in [0.05, 0.1) is 36.0 Å². The molecule has 7 atom stereocenters. The summed E-state index contributed by atoms with van der Waals surface area (Å²) < 4.78 is 52.5. The average Bonchev–Trinajstić information content (AvgIpc) is 3.94. The second-order valence-electron chi connectivity index (χ2n) is 18.4. The summed E-state index contributed by atoms with van der Waals surface area (Å²) in [6.45, 7) is 5.03. The molecule has 4 saturated carbocycles. The predicted molar refractivity (Wildman–Crippen MR) is 233 cm³/mol. The average molecular weight is 903 g/mol. The zero-order valence-electron chi connectivity index (χ0n) is 36.0. The number of cyclic esters (lactones) is 1. The molecule has 2 bridgehead atoms. The number of pyridine rings is 1. The molecule has 9 rings (SSSR count). The second-order valence-corrected chi connectivity index (χ2v) is 20.4. The molecule has 18 heteroatoms. The first-order valence-corrected chi connectivity index (χ1v) is 24.5. The first-order chi connectivity index (χ1) is 30.9. The van der Waals surface area contributed by atoms with Crippen molar-refractivity contribution < 1.29 is 51.3 Å². The summed E-state index contributed by atoms with van der Waals surface area (Å²) in [5.74, 6) is -1.77. The van der Waals surface area contributed by atoms with Crippen molar-refractivity contribution in [3.05, 3.63) is 54.6 Å². The Balaban J connectivity index is 1.07. The van der Waals surface area contributed by atoms with Crippen molar-refractivity contribution in [3.8, 4) is 11.6 Å². The number of carbonyl (C=O) groups is 5. The number of ether oxygens (including phenoxy) is 4. The van der Waals surface area contributed by atoms with Crippen LogP contribution < -0.4 is 24.8 Å². The van der Waals surface area contributed by atoms with Crippen LogP contribution in [-0.2, 0) is 40.3 Å². The number of rotatable bonds is 11. The molecule has 0 unspecified atom stereocenters.